The van der Waals surface area contributed by atoms with Crippen molar-refractivity contribution in [2.75, 3.05) is 45.3 Å². The van der Waals surface area contributed by atoms with Crippen molar-refractivity contribution >= 4 is 23.2 Å². The summed E-state index contributed by atoms with van der Waals surface area (Å²) in [6.07, 6.45) is 12.0. The van der Waals surface area contributed by atoms with Gasteiger partial charge in [0.05, 0.1) is 43.1 Å². The number of tetrazole rings is 1. The number of anilines is 2. The summed E-state index contributed by atoms with van der Waals surface area (Å²) < 4.78 is 26.9. The molecule has 2 fully saturated rings. The smallest absolute Gasteiger partial charge is 0.257 e. The molecule has 3 aromatic heterocycles. The molecule has 0 bridgehead atoms. The summed E-state index contributed by atoms with van der Waals surface area (Å²) in [5, 5.41) is 20.0. The number of halogens is 1. The maximum Gasteiger partial charge on any atom is 0.257 e. The third-order valence-corrected chi connectivity index (χ3v) is 8.98. The SMILES string of the molecule is COCC[C@H](C)Oc1nn(C2CCC(N3CCOCC3)CC2)cc1Nc1ncc(-c2ccc(Cl)c(O[C@@H](C)Cn3cnnn3)c2)cn1. The van der Waals surface area contributed by atoms with Gasteiger partial charge in [0.15, 0.2) is 0 Å². The van der Waals surface area contributed by atoms with Crippen LogP contribution in [0.25, 0.3) is 11.1 Å². The topological polar surface area (TPSA) is 139 Å². The molecule has 1 aliphatic carbocycles. The lowest BCUT2D eigenvalue weighted by Gasteiger charge is -2.38. The average Bonchev–Trinajstić information content (AvgIpc) is 3.75. The van der Waals surface area contributed by atoms with Crippen LogP contribution in [0.3, 0.4) is 0 Å². The van der Waals surface area contributed by atoms with E-state index >= 15 is 0 Å². The number of morpholine rings is 1. The summed E-state index contributed by atoms with van der Waals surface area (Å²) >= 11 is 6.46. The van der Waals surface area contributed by atoms with Gasteiger partial charge in [-0.25, -0.2) is 14.6 Å². The zero-order valence-electron chi connectivity index (χ0n) is 27.2. The molecule has 0 amide bonds. The van der Waals surface area contributed by atoms with Gasteiger partial charge in [-0.3, -0.25) is 9.58 Å². The van der Waals surface area contributed by atoms with Crippen LogP contribution in [0.2, 0.25) is 5.02 Å². The molecule has 1 N–H and O–H groups in total. The van der Waals surface area contributed by atoms with E-state index in [4.69, 9.17) is 35.6 Å². The number of aromatic nitrogens is 8. The van der Waals surface area contributed by atoms with E-state index in [9.17, 15) is 0 Å². The number of methoxy groups -OCH3 is 1. The Morgan fingerprint density at radius 3 is 2.49 bits per heavy atom. The first-order valence-electron chi connectivity index (χ1n) is 16.3. The van der Waals surface area contributed by atoms with Gasteiger partial charge in [0, 0.05) is 57.2 Å². The monoisotopic (exact) mass is 666 g/mol. The maximum atomic E-state index is 6.46. The second-order valence-corrected chi connectivity index (χ2v) is 12.6. The first-order valence-corrected chi connectivity index (χ1v) is 16.7. The second-order valence-electron chi connectivity index (χ2n) is 12.2. The first kappa shape index (κ1) is 33.1. The van der Waals surface area contributed by atoms with E-state index in [1.807, 2.05) is 32.2 Å². The molecule has 14 nitrogen and oxygen atoms in total. The van der Waals surface area contributed by atoms with Crippen molar-refractivity contribution in [1.29, 1.82) is 0 Å². The van der Waals surface area contributed by atoms with E-state index in [1.54, 1.807) is 36.6 Å². The van der Waals surface area contributed by atoms with Gasteiger partial charge in [0.25, 0.3) is 5.88 Å². The summed E-state index contributed by atoms with van der Waals surface area (Å²) in [5.74, 6) is 1.54. The van der Waals surface area contributed by atoms with Crippen molar-refractivity contribution in [3.05, 3.63) is 48.1 Å². The minimum Gasteiger partial charge on any atom is -0.487 e. The predicted octanol–water partition coefficient (Wildman–Crippen LogP) is 4.81. The van der Waals surface area contributed by atoms with Crippen LogP contribution in [0.5, 0.6) is 11.6 Å². The van der Waals surface area contributed by atoms with Crippen LogP contribution >= 0.6 is 11.6 Å². The number of rotatable bonds is 14. The highest BCUT2D eigenvalue weighted by Crippen LogP contribution is 2.36. The van der Waals surface area contributed by atoms with Gasteiger partial charge in [-0.05, 0) is 67.7 Å². The van der Waals surface area contributed by atoms with Gasteiger partial charge < -0.3 is 24.3 Å². The van der Waals surface area contributed by atoms with E-state index in [0.717, 1.165) is 75.2 Å². The largest absolute Gasteiger partial charge is 0.487 e. The third kappa shape index (κ3) is 8.74. The quantitative estimate of drug-likeness (QED) is 0.198. The van der Waals surface area contributed by atoms with Gasteiger partial charge in [-0.2, -0.15) is 0 Å². The molecule has 15 heteroatoms. The summed E-state index contributed by atoms with van der Waals surface area (Å²) in [7, 11) is 1.69. The molecule has 0 spiro atoms. The molecule has 2 aliphatic rings. The lowest BCUT2D eigenvalue weighted by molar-refractivity contribution is 0.00500. The van der Waals surface area contributed by atoms with Gasteiger partial charge in [0.1, 0.15) is 23.9 Å². The van der Waals surface area contributed by atoms with Crippen LogP contribution in [0, 0.1) is 0 Å². The number of benzene rings is 1. The van der Waals surface area contributed by atoms with Crippen LogP contribution in [-0.2, 0) is 16.0 Å². The van der Waals surface area contributed by atoms with Crippen molar-refractivity contribution in [3.8, 4) is 22.8 Å². The van der Waals surface area contributed by atoms with Crippen molar-refractivity contribution in [2.45, 2.75) is 76.8 Å². The van der Waals surface area contributed by atoms with E-state index in [1.165, 1.54) is 0 Å². The highest BCUT2D eigenvalue weighted by atomic mass is 35.5. The second kappa shape index (κ2) is 15.8. The van der Waals surface area contributed by atoms with Gasteiger partial charge >= 0.3 is 0 Å². The number of hydrogen-bond donors (Lipinski definition) is 1. The van der Waals surface area contributed by atoms with Crippen LogP contribution in [0.15, 0.2) is 43.1 Å². The molecule has 1 saturated carbocycles. The minimum absolute atomic E-state index is 0.0730. The molecule has 0 unspecified atom stereocenters. The Balaban J connectivity index is 1.13. The summed E-state index contributed by atoms with van der Waals surface area (Å²) in [5.41, 5.74) is 2.43. The van der Waals surface area contributed by atoms with E-state index in [-0.39, 0.29) is 12.2 Å². The molecule has 1 aromatic carbocycles. The van der Waals surface area contributed by atoms with Crippen molar-refractivity contribution in [1.82, 2.24) is 44.9 Å². The van der Waals surface area contributed by atoms with Crippen LogP contribution in [0.1, 0.15) is 52.0 Å². The van der Waals surface area contributed by atoms with Crippen LogP contribution in [0.4, 0.5) is 11.6 Å². The summed E-state index contributed by atoms with van der Waals surface area (Å²) in [6.45, 7) is 8.76. The van der Waals surface area contributed by atoms with E-state index in [2.05, 4.69) is 40.4 Å². The predicted molar refractivity (Wildman–Crippen MR) is 176 cm³/mol. The molecule has 47 heavy (non-hydrogen) atoms. The Morgan fingerprint density at radius 1 is 1.00 bits per heavy atom. The number of nitrogens with one attached hydrogen (secondary N) is 1. The zero-order chi connectivity index (χ0) is 32.6. The normalized spacial score (nSPS) is 20.1. The Kier molecular flexibility index (Phi) is 11.1. The Hall–Kier alpha value is -3.85. The molecular formula is C32H43ClN10O4. The fraction of sp³-hybridized carbons (Fsp3) is 0.562. The molecular weight excluding hydrogens is 624 g/mol. The lowest BCUT2D eigenvalue weighted by atomic mass is 9.90. The average molecular weight is 667 g/mol. The maximum absolute atomic E-state index is 6.46. The van der Waals surface area contributed by atoms with Crippen molar-refractivity contribution < 1.29 is 18.9 Å². The van der Waals surface area contributed by atoms with Crippen LogP contribution in [-0.4, -0.2) is 103 Å². The van der Waals surface area contributed by atoms with E-state index in [0.29, 0.717) is 47.8 Å². The fourth-order valence-electron chi connectivity index (χ4n) is 6.12. The Labute approximate surface area is 279 Å². The molecule has 1 saturated heterocycles. The minimum atomic E-state index is -0.205. The zero-order valence-corrected chi connectivity index (χ0v) is 27.9. The molecule has 252 valence electrons. The highest BCUT2D eigenvalue weighted by molar-refractivity contribution is 6.32. The van der Waals surface area contributed by atoms with E-state index < -0.39 is 0 Å². The molecule has 4 aromatic rings. The highest BCUT2D eigenvalue weighted by Gasteiger charge is 2.29. The lowest BCUT2D eigenvalue weighted by Crippen LogP contribution is -2.45. The fourth-order valence-corrected chi connectivity index (χ4v) is 6.28. The molecule has 6 rings (SSSR count). The standard InChI is InChI=1S/C32H43ClN10O4/c1-22(10-13-44-3)47-31-29(20-43(38-31)27-7-5-26(6-8-27)41-11-14-45-15-12-41)37-32-34-17-25(18-35-32)24-4-9-28(33)30(16-24)46-23(2)19-42-21-36-39-40-42/h4,9,16-18,20-23,26-27H,5-8,10-15,19H2,1-3H3,(H,34,35,37)/t22-,23-,26?,27?/m0/s1. The van der Waals surface area contributed by atoms with Crippen molar-refractivity contribution in [3.63, 3.8) is 0 Å². The number of nitrogens with zero attached hydrogens (tertiary/aromatic N) is 9. The first-order chi connectivity index (χ1) is 22.9. The Morgan fingerprint density at radius 2 is 1.77 bits per heavy atom. The van der Waals surface area contributed by atoms with Crippen molar-refractivity contribution in [2.24, 2.45) is 0 Å². The number of hydrogen-bond acceptors (Lipinski definition) is 12. The number of ether oxygens (including phenoxy) is 4. The summed E-state index contributed by atoms with van der Waals surface area (Å²) in [6, 6.07) is 6.52. The molecule has 0 radical (unpaired) electrons. The molecule has 4 heterocycles. The molecule has 1 aliphatic heterocycles. The van der Waals surface area contributed by atoms with Crippen LogP contribution < -0.4 is 14.8 Å². The molecule has 2 atom stereocenters. The third-order valence-electron chi connectivity index (χ3n) is 8.67. The van der Waals surface area contributed by atoms with Gasteiger partial charge in [-0.15, -0.1) is 10.2 Å². The van der Waals surface area contributed by atoms with Gasteiger partial charge in [0.2, 0.25) is 5.95 Å². The van der Waals surface area contributed by atoms with Gasteiger partial charge in [-0.1, -0.05) is 17.7 Å². The summed E-state index contributed by atoms with van der Waals surface area (Å²) in [4.78, 5) is 11.8. The Bertz CT molecular complexity index is 1540.